The summed E-state index contributed by atoms with van der Waals surface area (Å²) in [5, 5.41) is 4.43. The zero-order chi connectivity index (χ0) is 23.8. The number of amides is 2. The molecule has 7 nitrogen and oxygen atoms in total. The molecule has 1 N–H and O–H groups in total. The minimum Gasteiger partial charge on any atom is -0.474 e. The molecule has 0 fully saturated rings. The first-order valence-corrected chi connectivity index (χ1v) is 11.4. The quantitative estimate of drug-likeness (QED) is 0.462. The molecule has 4 aromatic rings. The number of hydrogen-bond acceptors (Lipinski definition) is 5. The van der Waals surface area contributed by atoms with E-state index in [1.807, 2.05) is 42.8 Å². The number of para-hydroxylation sites is 1. The van der Waals surface area contributed by atoms with Gasteiger partial charge in [-0.1, -0.05) is 30.3 Å². The third-order valence-electron chi connectivity index (χ3n) is 5.62. The second-order valence-corrected chi connectivity index (χ2v) is 9.09. The van der Waals surface area contributed by atoms with Gasteiger partial charge in [0.05, 0.1) is 22.0 Å². The summed E-state index contributed by atoms with van der Waals surface area (Å²) in [7, 11) is 1.89. The van der Waals surface area contributed by atoms with E-state index in [1.165, 1.54) is 40.8 Å². The molecule has 1 aliphatic rings. The molecule has 1 aliphatic heterocycles. The predicted molar refractivity (Wildman–Crippen MR) is 128 cm³/mol. The fourth-order valence-electron chi connectivity index (χ4n) is 3.99. The Morgan fingerprint density at radius 3 is 2.74 bits per heavy atom. The highest BCUT2D eigenvalue weighted by Gasteiger charge is 2.31. The van der Waals surface area contributed by atoms with Crippen molar-refractivity contribution in [1.29, 1.82) is 0 Å². The highest BCUT2D eigenvalue weighted by atomic mass is 32.1. The summed E-state index contributed by atoms with van der Waals surface area (Å²) >= 11 is 1.36. The standard InChI is InChI=1S/C25H21FN4O3S/c1-15-28-22(23(34-15)16-7-9-17(26)10-8-16)25(32)30-11-12-33-21(30)13-27-24(31)19-14-29(2)20-6-4-3-5-18(19)20/h3-12,14,21H,13H2,1-2H3,(H,27,31). The molecular formula is C25H21FN4O3S. The van der Waals surface area contributed by atoms with Crippen LogP contribution < -0.4 is 5.32 Å². The maximum Gasteiger partial charge on any atom is 0.281 e. The van der Waals surface area contributed by atoms with Crippen LogP contribution in [0.4, 0.5) is 4.39 Å². The number of aromatic nitrogens is 2. The van der Waals surface area contributed by atoms with Gasteiger partial charge >= 0.3 is 0 Å². The van der Waals surface area contributed by atoms with E-state index < -0.39 is 6.23 Å². The topological polar surface area (TPSA) is 76.5 Å². The number of hydrogen-bond donors (Lipinski definition) is 1. The van der Waals surface area contributed by atoms with Gasteiger partial charge in [0.15, 0.2) is 6.23 Å². The summed E-state index contributed by atoms with van der Waals surface area (Å²) in [6.07, 6.45) is 4.02. The van der Waals surface area contributed by atoms with Gasteiger partial charge in [0.1, 0.15) is 17.8 Å². The molecule has 0 spiro atoms. The summed E-state index contributed by atoms with van der Waals surface area (Å²) in [6.45, 7) is 1.91. The van der Waals surface area contributed by atoms with Crippen molar-refractivity contribution in [2.45, 2.75) is 13.2 Å². The van der Waals surface area contributed by atoms with Crippen LogP contribution in [0, 0.1) is 12.7 Å². The number of thiazole rings is 1. The van der Waals surface area contributed by atoms with Crippen molar-refractivity contribution in [3.05, 3.63) is 89.3 Å². The number of carbonyl (C=O) groups is 2. The molecular weight excluding hydrogens is 455 g/mol. The Labute approximate surface area is 199 Å². The number of nitrogens with one attached hydrogen (secondary N) is 1. The van der Waals surface area contributed by atoms with Crippen LogP contribution in [0.15, 0.2) is 67.2 Å². The van der Waals surface area contributed by atoms with E-state index >= 15 is 0 Å². The lowest BCUT2D eigenvalue weighted by Gasteiger charge is -2.22. The highest BCUT2D eigenvalue weighted by molar-refractivity contribution is 7.15. The summed E-state index contributed by atoms with van der Waals surface area (Å²) in [6, 6.07) is 13.6. The third kappa shape index (κ3) is 3.94. The Hall–Kier alpha value is -3.98. The number of nitrogens with zero attached hydrogens (tertiary/aromatic N) is 3. The largest absolute Gasteiger partial charge is 0.474 e. The van der Waals surface area contributed by atoms with E-state index in [2.05, 4.69) is 10.3 Å². The smallest absolute Gasteiger partial charge is 0.281 e. The Morgan fingerprint density at radius 2 is 1.94 bits per heavy atom. The summed E-state index contributed by atoms with van der Waals surface area (Å²) < 4.78 is 20.9. The first-order valence-electron chi connectivity index (χ1n) is 10.6. The molecule has 172 valence electrons. The maximum absolute atomic E-state index is 13.4. The van der Waals surface area contributed by atoms with Gasteiger partial charge in [-0.15, -0.1) is 11.3 Å². The van der Waals surface area contributed by atoms with Crippen molar-refractivity contribution in [3.63, 3.8) is 0 Å². The fourth-order valence-corrected chi connectivity index (χ4v) is 4.90. The lowest BCUT2D eigenvalue weighted by atomic mass is 10.1. The Bertz CT molecular complexity index is 1420. The van der Waals surface area contributed by atoms with Gasteiger partial charge in [-0.3, -0.25) is 14.5 Å². The van der Waals surface area contributed by atoms with E-state index in [-0.39, 0.29) is 29.9 Å². The number of halogens is 1. The van der Waals surface area contributed by atoms with Crippen LogP contribution in [-0.2, 0) is 11.8 Å². The molecule has 1 unspecified atom stereocenters. The van der Waals surface area contributed by atoms with E-state index in [0.29, 0.717) is 21.0 Å². The first-order chi connectivity index (χ1) is 16.4. The van der Waals surface area contributed by atoms with Crippen LogP contribution >= 0.6 is 11.3 Å². The van der Waals surface area contributed by atoms with Gasteiger partial charge in [0.25, 0.3) is 11.8 Å². The number of aryl methyl sites for hydroxylation is 2. The van der Waals surface area contributed by atoms with Gasteiger partial charge in [-0.2, -0.15) is 0 Å². The molecule has 9 heteroatoms. The summed E-state index contributed by atoms with van der Waals surface area (Å²) in [5.74, 6) is -0.964. The third-order valence-corrected chi connectivity index (χ3v) is 6.64. The minimum atomic E-state index is -0.713. The Morgan fingerprint density at radius 1 is 1.18 bits per heavy atom. The minimum absolute atomic E-state index is 0.0931. The van der Waals surface area contributed by atoms with Crippen molar-refractivity contribution >= 4 is 34.1 Å². The molecule has 2 aromatic carbocycles. The van der Waals surface area contributed by atoms with Crippen LogP contribution in [-0.4, -0.2) is 39.0 Å². The molecule has 0 saturated carbocycles. The van der Waals surface area contributed by atoms with Gasteiger partial charge in [0, 0.05) is 30.3 Å². The zero-order valence-electron chi connectivity index (χ0n) is 18.5. The molecule has 5 rings (SSSR count). The molecule has 0 saturated heterocycles. The Kier molecular flexibility index (Phi) is 5.62. The first kappa shape index (κ1) is 21.8. The van der Waals surface area contributed by atoms with E-state index in [1.54, 1.807) is 18.3 Å². The van der Waals surface area contributed by atoms with E-state index in [0.717, 1.165) is 10.9 Å². The zero-order valence-corrected chi connectivity index (χ0v) is 19.3. The average molecular weight is 477 g/mol. The monoisotopic (exact) mass is 476 g/mol. The number of ether oxygens (including phenoxy) is 1. The second kappa shape index (κ2) is 8.75. The highest BCUT2D eigenvalue weighted by Crippen LogP contribution is 2.32. The number of fused-ring (bicyclic) bond motifs is 1. The lowest BCUT2D eigenvalue weighted by Crippen LogP contribution is -2.43. The number of carbonyl (C=O) groups excluding carboxylic acids is 2. The summed E-state index contributed by atoms with van der Waals surface area (Å²) in [5.41, 5.74) is 2.47. The van der Waals surface area contributed by atoms with Crippen molar-refractivity contribution in [1.82, 2.24) is 19.8 Å². The molecule has 2 amide bonds. The van der Waals surface area contributed by atoms with Gasteiger partial charge in [-0.05, 0) is 30.7 Å². The van der Waals surface area contributed by atoms with Crippen LogP contribution in [0.1, 0.15) is 25.9 Å². The normalized spacial score (nSPS) is 15.0. The second-order valence-electron chi connectivity index (χ2n) is 7.89. The van der Waals surface area contributed by atoms with Crippen LogP contribution in [0.25, 0.3) is 21.3 Å². The number of rotatable bonds is 5. The summed E-state index contributed by atoms with van der Waals surface area (Å²) in [4.78, 5) is 32.8. The Balaban J connectivity index is 1.34. The SMILES string of the molecule is Cc1nc(C(=O)N2C=COC2CNC(=O)c2cn(C)c3ccccc23)c(-c2ccc(F)cc2)s1. The van der Waals surface area contributed by atoms with Gasteiger partial charge < -0.3 is 14.6 Å². The van der Waals surface area contributed by atoms with Crippen molar-refractivity contribution in [3.8, 4) is 10.4 Å². The lowest BCUT2D eigenvalue weighted by molar-refractivity contribution is 0.0396. The fraction of sp³-hybridized carbons (Fsp3) is 0.160. The molecule has 34 heavy (non-hydrogen) atoms. The maximum atomic E-state index is 13.4. The molecule has 3 heterocycles. The van der Waals surface area contributed by atoms with Crippen LogP contribution in [0.5, 0.6) is 0 Å². The van der Waals surface area contributed by atoms with Crippen LogP contribution in [0.2, 0.25) is 0 Å². The van der Waals surface area contributed by atoms with Crippen molar-refractivity contribution < 1.29 is 18.7 Å². The molecule has 1 atom stereocenters. The molecule has 0 radical (unpaired) electrons. The van der Waals surface area contributed by atoms with E-state index in [4.69, 9.17) is 4.74 Å². The predicted octanol–water partition coefficient (Wildman–Crippen LogP) is 4.45. The van der Waals surface area contributed by atoms with E-state index in [9.17, 15) is 14.0 Å². The average Bonchev–Trinajstić information content (AvgIpc) is 3.55. The van der Waals surface area contributed by atoms with Gasteiger partial charge in [-0.25, -0.2) is 9.37 Å². The van der Waals surface area contributed by atoms with Crippen molar-refractivity contribution in [2.24, 2.45) is 7.05 Å². The molecule has 0 bridgehead atoms. The molecule has 2 aromatic heterocycles. The van der Waals surface area contributed by atoms with Gasteiger partial charge in [0.2, 0.25) is 0 Å². The number of benzene rings is 2. The van der Waals surface area contributed by atoms with Crippen LogP contribution in [0.3, 0.4) is 0 Å². The van der Waals surface area contributed by atoms with Crippen molar-refractivity contribution in [2.75, 3.05) is 6.54 Å². The molecule has 0 aliphatic carbocycles.